The molecule has 0 spiro atoms. The van der Waals surface area contributed by atoms with Gasteiger partial charge in [0.05, 0.1) is 12.2 Å². The fraction of sp³-hybridized carbons (Fsp3) is 0.0952. The number of nitrogens with one attached hydrogen (secondary N) is 3. The fourth-order valence-electron chi connectivity index (χ4n) is 2.41. The molecule has 0 aliphatic carbocycles. The number of carbonyl (C=O) groups is 2. The van der Waals surface area contributed by atoms with E-state index in [4.69, 9.17) is 0 Å². The van der Waals surface area contributed by atoms with Gasteiger partial charge >= 0.3 is 0 Å². The number of aromatic amines is 1. The van der Waals surface area contributed by atoms with Gasteiger partial charge in [-0.15, -0.1) is 0 Å². The Morgan fingerprint density at radius 1 is 1.11 bits per heavy atom. The van der Waals surface area contributed by atoms with Crippen LogP contribution in [0.4, 0.5) is 10.1 Å². The molecule has 3 aromatic rings. The zero-order valence-electron chi connectivity index (χ0n) is 15.0. The third-order valence-electron chi connectivity index (χ3n) is 3.74. The molecule has 28 heavy (non-hydrogen) atoms. The van der Waals surface area contributed by atoms with Gasteiger partial charge in [-0.1, -0.05) is 11.8 Å². The third kappa shape index (κ3) is 5.05. The summed E-state index contributed by atoms with van der Waals surface area (Å²) in [6.07, 6.45) is 0. The summed E-state index contributed by atoms with van der Waals surface area (Å²) < 4.78 is 13.0. The Bertz CT molecular complexity index is 1040. The number of H-pyrrole nitrogens is 1. The van der Waals surface area contributed by atoms with E-state index < -0.39 is 0 Å². The molecule has 0 saturated heterocycles. The van der Waals surface area contributed by atoms with Crippen molar-refractivity contribution in [3.05, 3.63) is 71.7 Å². The maximum atomic E-state index is 13.0. The molecular weight excluding hydrogens is 359 g/mol. The Labute approximate surface area is 161 Å². The number of benzene rings is 2. The second-order valence-corrected chi connectivity index (χ2v) is 5.92. The molecule has 0 saturated carbocycles. The van der Waals surface area contributed by atoms with E-state index >= 15 is 0 Å². The summed E-state index contributed by atoms with van der Waals surface area (Å²) >= 11 is 0. The van der Waals surface area contributed by atoms with Crippen LogP contribution >= 0.6 is 0 Å². The summed E-state index contributed by atoms with van der Waals surface area (Å²) in [5.74, 6) is 4.99. The SMILES string of the molecule is CC(=O)Nc1ccc(C#CCNC(=O)c2cc(-c3ccc(F)cc3)n[nH]2)cc1. The van der Waals surface area contributed by atoms with Crippen LogP contribution in [0.2, 0.25) is 0 Å². The summed E-state index contributed by atoms with van der Waals surface area (Å²) in [6.45, 7) is 1.61. The van der Waals surface area contributed by atoms with Crippen molar-refractivity contribution >= 4 is 17.5 Å². The highest BCUT2D eigenvalue weighted by atomic mass is 19.1. The van der Waals surface area contributed by atoms with E-state index in [1.54, 1.807) is 42.5 Å². The lowest BCUT2D eigenvalue weighted by molar-refractivity contribution is -0.114. The van der Waals surface area contributed by atoms with E-state index in [1.807, 2.05) is 0 Å². The van der Waals surface area contributed by atoms with Crippen molar-refractivity contribution in [3.8, 4) is 23.1 Å². The molecule has 0 bridgehead atoms. The number of anilines is 1. The molecule has 7 heteroatoms. The van der Waals surface area contributed by atoms with Crippen molar-refractivity contribution < 1.29 is 14.0 Å². The molecule has 0 atom stereocenters. The van der Waals surface area contributed by atoms with Crippen LogP contribution in [0.5, 0.6) is 0 Å². The molecule has 1 aromatic heterocycles. The predicted octanol–water partition coefficient (Wildman–Crippen LogP) is 2.96. The summed E-state index contributed by atoms with van der Waals surface area (Å²) in [6, 6.07) is 14.5. The molecule has 3 N–H and O–H groups in total. The number of carbonyl (C=O) groups excluding carboxylic acids is 2. The molecule has 0 fully saturated rings. The normalized spacial score (nSPS) is 9.93. The van der Waals surface area contributed by atoms with Crippen LogP contribution in [0, 0.1) is 17.7 Å². The van der Waals surface area contributed by atoms with E-state index in [0.717, 1.165) is 5.56 Å². The topological polar surface area (TPSA) is 86.9 Å². The standard InChI is InChI=1S/C21H17FN4O2/c1-14(27)24-18-10-4-15(5-11-18)3-2-12-23-21(28)20-13-19(25-26-20)16-6-8-17(22)9-7-16/h4-11,13H,12H2,1H3,(H,23,28)(H,24,27)(H,25,26). The van der Waals surface area contributed by atoms with Gasteiger partial charge < -0.3 is 10.6 Å². The van der Waals surface area contributed by atoms with Crippen LogP contribution in [0.15, 0.2) is 54.6 Å². The van der Waals surface area contributed by atoms with Gasteiger partial charge in [-0.2, -0.15) is 5.10 Å². The lowest BCUT2D eigenvalue weighted by atomic mass is 10.1. The van der Waals surface area contributed by atoms with Crippen molar-refractivity contribution in [3.63, 3.8) is 0 Å². The molecule has 2 aromatic carbocycles. The zero-order chi connectivity index (χ0) is 19.9. The molecule has 140 valence electrons. The smallest absolute Gasteiger partial charge is 0.270 e. The van der Waals surface area contributed by atoms with E-state index in [0.29, 0.717) is 22.6 Å². The number of hydrogen-bond donors (Lipinski definition) is 3. The van der Waals surface area contributed by atoms with Gasteiger partial charge in [-0.25, -0.2) is 4.39 Å². The first-order valence-corrected chi connectivity index (χ1v) is 8.47. The number of hydrogen-bond acceptors (Lipinski definition) is 3. The maximum absolute atomic E-state index is 13.0. The molecule has 2 amide bonds. The van der Waals surface area contributed by atoms with Crippen molar-refractivity contribution in [1.82, 2.24) is 15.5 Å². The molecule has 3 rings (SSSR count). The van der Waals surface area contributed by atoms with E-state index in [2.05, 4.69) is 32.7 Å². The van der Waals surface area contributed by atoms with E-state index in [-0.39, 0.29) is 24.2 Å². The molecule has 0 unspecified atom stereocenters. The van der Waals surface area contributed by atoms with Gasteiger partial charge in [0.2, 0.25) is 5.91 Å². The number of aromatic nitrogens is 2. The van der Waals surface area contributed by atoms with Crippen LogP contribution < -0.4 is 10.6 Å². The predicted molar refractivity (Wildman–Crippen MR) is 104 cm³/mol. The summed E-state index contributed by atoms with van der Waals surface area (Å²) in [5.41, 5.74) is 3.02. The van der Waals surface area contributed by atoms with Gasteiger partial charge in [0.25, 0.3) is 5.91 Å². The second-order valence-electron chi connectivity index (χ2n) is 5.92. The quantitative estimate of drug-likeness (QED) is 0.612. The third-order valence-corrected chi connectivity index (χ3v) is 3.74. The maximum Gasteiger partial charge on any atom is 0.270 e. The fourth-order valence-corrected chi connectivity index (χ4v) is 2.41. The van der Waals surface area contributed by atoms with Crippen molar-refractivity contribution in [1.29, 1.82) is 0 Å². The monoisotopic (exact) mass is 376 g/mol. The first-order chi connectivity index (χ1) is 13.5. The van der Waals surface area contributed by atoms with Gasteiger partial charge in [0, 0.05) is 23.7 Å². The number of nitrogens with zero attached hydrogens (tertiary/aromatic N) is 1. The average Bonchev–Trinajstić information content (AvgIpc) is 3.17. The molecule has 0 aliphatic rings. The molecule has 6 nitrogen and oxygen atoms in total. The van der Waals surface area contributed by atoms with Gasteiger partial charge in [0.15, 0.2) is 0 Å². The van der Waals surface area contributed by atoms with E-state index in [1.165, 1.54) is 19.1 Å². The minimum absolute atomic E-state index is 0.136. The van der Waals surface area contributed by atoms with Gasteiger partial charge in [-0.3, -0.25) is 14.7 Å². The second kappa shape index (κ2) is 8.64. The summed E-state index contributed by atoms with van der Waals surface area (Å²) in [4.78, 5) is 23.1. The van der Waals surface area contributed by atoms with E-state index in [9.17, 15) is 14.0 Å². The van der Waals surface area contributed by atoms with Crippen molar-refractivity contribution in [2.24, 2.45) is 0 Å². The molecular formula is C21H17FN4O2. The average molecular weight is 376 g/mol. The number of rotatable bonds is 4. The van der Waals surface area contributed by atoms with Gasteiger partial charge in [0.1, 0.15) is 11.5 Å². The highest BCUT2D eigenvalue weighted by Crippen LogP contribution is 2.17. The van der Waals surface area contributed by atoms with Crippen LogP contribution in [-0.2, 0) is 4.79 Å². The first kappa shape index (κ1) is 18.9. The summed E-state index contributed by atoms with van der Waals surface area (Å²) in [5, 5.41) is 12.1. The Hall–Kier alpha value is -3.92. The molecule has 0 aliphatic heterocycles. The van der Waals surface area contributed by atoms with Crippen molar-refractivity contribution in [2.45, 2.75) is 6.92 Å². The molecule has 0 radical (unpaired) electrons. The minimum Gasteiger partial charge on any atom is -0.340 e. The first-order valence-electron chi connectivity index (χ1n) is 8.47. The number of amides is 2. The highest BCUT2D eigenvalue weighted by Gasteiger charge is 2.10. The lowest BCUT2D eigenvalue weighted by Gasteiger charge is -2.00. The van der Waals surface area contributed by atoms with Gasteiger partial charge in [-0.05, 0) is 54.6 Å². The number of halogens is 1. The summed E-state index contributed by atoms with van der Waals surface area (Å²) in [7, 11) is 0. The lowest BCUT2D eigenvalue weighted by Crippen LogP contribution is -2.23. The largest absolute Gasteiger partial charge is 0.340 e. The molecule has 1 heterocycles. The van der Waals surface area contributed by atoms with Crippen LogP contribution in [0.1, 0.15) is 23.0 Å². The zero-order valence-corrected chi connectivity index (χ0v) is 15.0. The van der Waals surface area contributed by atoms with Crippen LogP contribution in [0.25, 0.3) is 11.3 Å². The Morgan fingerprint density at radius 2 is 1.82 bits per heavy atom. The Balaban J connectivity index is 1.54. The Morgan fingerprint density at radius 3 is 2.50 bits per heavy atom. The Kier molecular flexibility index (Phi) is 5.82. The highest BCUT2D eigenvalue weighted by molar-refractivity contribution is 5.93. The minimum atomic E-state index is -0.337. The van der Waals surface area contributed by atoms with Crippen LogP contribution in [-0.4, -0.2) is 28.6 Å². The van der Waals surface area contributed by atoms with Crippen molar-refractivity contribution in [2.75, 3.05) is 11.9 Å². The van der Waals surface area contributed by atoms with Crippen LogP contribution in [0.3, 0.4) is 0 Å².